The summed E-state index contributed by atoms with van der Waals surface area (Å²) in [5.41, 5.74) is 9.01. The molecule has 0 unspecified atom stereocenters. The van der Waals surface area contributed by atoms with Gasteiger partial charge in [-0.25, -0.2) is 0 Å². The van der Waals surface area contributed by atoms with Gasteiger partial charge in [0.15, 0.2) is 0 Å². The van der Waals surface area contributed by atoms with E-state index in [1.165, 1.54) is 5.56 Å². The van der Waals surface area contributed by atoms with Crippen LogP contribution in [0.3, 0.4) is 0 Å². The minimum Gasteiger partial charge on any atom is -0.489 e. The molecule has 0 saturated heterocycles. The quantitative estimate of drug-likeness (QED) is 0.582. The molecule has 29 heavy (non-hydrogen) atoms. The van der Waals surface area contributed by atoms with Gasteiger partial charge < -0.3 is 21.1 Å². The second kappa shape index (κ2) is 12.1. The van der Waals surface area contributed by atoms with Gasteiger partial charge in [0.05, 0.1) is 12.6 Å². The van der Waals surface area contributed by atoms with Gasteiger partial charge in [0.1, 0.15) is 12.4 Å². The number of hydrogen-bond donors (Lipinski definition) is 3. The maximum atomic E-state index is 11.9. The maximum absolute atomic E-state index is 11.9. The fraction of sp³-hybridized carbons (Fsp3) is 0.364. The van der Waals surface area contributed by atoms with Crippen molar-refractivity contribution in [2.75, 3.05) is 6.54 Å². The van der Waals surface area contributed by atoms with Crippen LogP contribution >= 0.6 is 12.4 Å². The van der Waals surface area contributed by atoms with Crippen molar-refractivity contribution in [3.63, 3.8) is 0 Å². The summed E-state index contributed by atoms with van der Waals surface area (Å²) in [6.07, 6.45) is 0. The molecule has 2 rings (SSSR count). The van der Waals surface area contributed by atoms with Gasteiger partial charge in [-0.05, 0) is 36.1 Å². The summed E-state index contributed by atoms with van der Waals surface area (Å²) in [6, 6.07) is 15.1. The fourth-order valence-corrected chi connectivity index (χ4v) is 2.52. The lowest BCUT2D eigenvalue weighted by molar-refractivity contribution is -0.127. The van der Waals surface area contributed by atoms with E-state index in [-0.39, 0.29) is 36.7 Å². The zero-order valence-electron chi connectivity index (χ0n) is 17.1. The van der Waals surface area contributed by atoms with Crippen LogP contribution in [0.2, 0.25) is 0 Å². The third-order valence-electron chi connectivity index (χ3n) is 4.35. The van der Waals surface area contributed by atoms with Crippen molar-refractivity contribution >= 4 is 24.2 Å². The fourth-order valence-electron chi connectivity index (χ4n) is 2.52. The first-order valence-corrected chi connectivity index (χ1v) is 9.42. The summed E-state index contributed by atoms with van der Waals surface area (Å²) in [4.78, 5) is 23.6. The second-order valence-electron chi connectivity index (χ2n) is 7.19. The molecule has 0 aromatic heterocycles. The maximum Gasteiger partial charge on any atom is 0.239 e. The third-order valence-corrected chi connectivity index (χ3v) is 4.35. The highest BCUT2D eigenvalue weighted by Crippen LogP contribution is 2.14. The number of nitrogens with two attached hydrogens (primary N) is 1. The third kappa shape index (κ3) is 8.54. The number of ether oxygens (including phenoxy) is 1. The van der Waals surface area contributed by atoms with Crippen molar-refractivity contribution < 1.29 is 14.3 Å². The van der Waals surface area contributed by atoms with Crippen molar-refractivity contribution in [1.82, 2.24) is 10.6 Å². The zero-order chi connectivity index (χ0) is 20.5. The summed E-state index contributed by atoms with van der Waals surface area (Å²) in [5.74, 6) is 0.213. The number of carbonyl (C=O) groups excluding carboxylic acids is 2. The van der Waals surface area contributed by atoms with E-state index in [1.54, 1.807) is 0 Å². The van der Waals surface area contributed by atoms with E-state index in [1.807, 2.05) is 50.2 Å². The lowest BCUT2D eigenvalue weighted by Gasteiger charge is -2.15. The summed E-state index contributed by atoms with van der Waals surface area (Å²) < 4.78 is 5.79. The first-order chi connectivity index (χ1) is 13.3. The standard InChI is InChI=1S/C22H29N3O3.ClH/c1-15(2)21(23)22(27)25-13-20(26)24-12-17-7-9-19(10-8-17)28-14-18-6-4-5-16(3)11-18;/h4-11,15,21H,12-14,23H2,1-3H3,(H,24,26)(H,25,27);1H/t21-;/m0./s1. The van der Waals surface area contributed by atoms with Crippen molar-refractivity contribution in [3.8, 4) is 5.75 Å². The van der Waals surface area contributed by atoms with Crippen LogP contribution in [0.15, 0.2) is 48.5 Å². The van der Waals surface area contributed by atoms with Gasteiger partial charge >= 0.3 is 0 Å². The van der Waals surface area contributed by atoms with Crippen molar-refractivity contribution in [2.45, 2.75) is 40.0 Å². The van der Waals surface area contributed by atoms with E-state index in [0.29, 0.717) is 13.2 Å². The molecule has 0 saturated carbocycles. The average Bonchev–Trinajstić information content (AvgIpc) is 2.69. The molecule has 0 fully saturated rings. The molecule has 6 nitrogen and oxygen atoms in total. The highest BCUT2D eigenvalue weighted by molar-refractivity contribution is 5.87. The topological polar surface area (TPSA) is 93.5 Å². The Hall–Kier alpha value is -2.57. The zero-order valence-corrected chi connectivity index (χ0v) is 17.9. The van der Waals surface area contributed by atoms with Gasteiger partial charge in [-0.1, -0.05) is 55.8 Å². The Balaban J connectivity index is 0.00000420. The van der Waals surface area contributed by atoms with Crippen LogP contribution in [-0.2, 0) is 22.7 Å². The molecule has 1 atom stereocenters. The predicted molar refractivity (Wildman–Crippen MR) is 117 cm³/mol. The number of benzene rings is 2. The molecule has 2 aromatic rings. The molecule has 158 valence electrons. The molecule has 0 heterocycles. The Morgan fingerprint density at radius 1 is 1.03 bits per heavy atom. The molecular weight excluding hydrogens is 390 g/mol. The molecule has 0 bridgehead atoms. The average molecular weight is 420 g/mol. The van der Waals surface area contributed by atoms with E-state index in [4.69, 9.17) is 10.5 Å². The first-order valence-electron chi connectivity index (χ1n) is 9.42. The van der Waals surface area contributed by atoms with Crippen molar-refractivity contribution in [2.24, 2.45) is 11.7 Å². The molecule has 0 aliphatic heterocycles. The minimum atomic E-state index is -0.611. The molecule has 0 spiro atoms. The SMILES string of the molecule is Cc1cccc(COc2ccc(CNC(=O)CNC(=O)[C@@H](N)C(C)C)cc2)c1.Cl. The van der Waals surface area contributed by atoms with E-state index in [9.17, 15) is 9.59 Å². The van der Waals surface area contributed by atoms with Crippen molar-refractivity contribution in [1.29, 1.82) is 0 Å². The van der Waals surface area contributed by atoms with Crippen LogP contribution in [-0.4, -0.2) is 24.4 Å². The molecule has 0 aliphatic carbocycles. The summed E-state index contributed by atoms with van der Waals surface area (Å²) >= 11 is 0. The van der Waals surface area contributed by atoms with Crippen LogP contribution in [0.1, 0.15) is 30.5 Å². The molecule has 0 radical (unpaired) electrons. The van der Waals surface area contributed by atoms with Gasteiger partial charge in [0, 0.05) is 6.54 Å². The monoisotopic (exact) mass is 419 g/mol. The minimum absolute atomic E-state index is 0. The van der Waals surface area contributed by atoms with Crippen LogP contribution in [0, 0.1) is 12.8 Å². The Kier molecular flexibility index (Phi) is 10.2. The lowest BCUT2D eigenvalue weighted by atomic mass is 10.1. The lowest BCUT2D eigenvalue weighted by Crippen LogP contribution is -2.47. The predicted octanol–water partition coefficient (Wildman–Crippen LogP) is 2.71. The van der Waals surface area contributed by atoms with E-state index < -0.39 is 6.04 Å². The number of carbonyl (C=O) groups is 2. The Morgan fingerprint density at radius 3 is 2.34 bits per heavy atom. The number of amides is 2. The first kappa shape index (κ1) is 24.5. The summed E-state index contributed by atoms with van der Waals surface area (Å²) in [6.45, 7) is 6.57. The van der Waals surface area contributed by atoms with Gasteiger partial charge in [0.2, 0.25) is 11.8 Å². The second-order valence-corrected chi connectivity index (χ2v) is 7.19. The van der Waals surface area contributed by atoms with Crippen LogP contribution in [0.4, 0.5) is 0 Å². The number of aryl methyl sites for hydroxylation is 1. The molecule has 7 heteroatoms. The number of hydrogen-bond acceptors (Lipinski definition) is 4. The summed E-state index contributed by atoms with van der Waals surface area (Å²) in [5, 5.41) is 5.32. The Labute approximate surface area is 178 Å². The molecule has 4 N–H and O–H groups in total. The van der Waals surface area contributed by atoms with E-state index in [0.717, 1.165) is 16.9 Å². The van der Waals surface area contributed by atoms with Gasteiger partial charge in [0.25, 0.3) is 0 Å². The van der Waals surface area contributed by atoms with Gasteiger partial charge in [-0.2, -0.15) is 0 Å². The number of halogens is 1. The molecule has 2 aromatic carbocycles. The molecule has 0 aliphatic rings. The molecular formula is C22H30ClN3O3. The summed E-state index contributed by atoms with van der Waals surface area (Å²) in [7, 11) is 0. The molecule has 2 amide bonds. The van der Waals surface area contributed by atoms with Gasteiger partial charge in [-0.15, -0.1) is 12.4 Å². The van der Waals surface area contributed by atoms with Crippen LogP contribution < -0.4 is 21.1 Å². The van der Waals surface area contributed by atoms with E-state index in [2.05, 4.69) is 29.7 Å². The van der Waals surface area contributed by atoms with Crippen LogP contribution in [0.5, 0.6) is 5.75 Å². The largest absolute Gasteiger partial charge is 0.489 e. The Bertz CT molecular complexity index is 794. The normalized spacial score (nSPS) is 11.3. The number of rotatable bonds is 9. The highest BCUT2D eigenvalue weighted by Gasteiger charge is 2.17. The van der Waals surface area contributed by atoms with Crippen molar-refractivity contribution in [3.05, 3.63) is 65.2 Å². The Morgan fingerprint density at radius 2 is 1.72 bits per heavy atom. The van der Waals surface area contributed by atoms with E-state index >= 15 is 0 Å². The van der Waals surface area contributed by atoms with Gasteiger partial charge in [-0.3, -0.25) is 9.59 Å². The van der Waals surface area contributed by atoms with Crippen LogP contribution in [0.25, 0.3) is 0 Å². The smallest absolute Gasteiger partial charge is 0.239 e. The highest BCUT2D eigenvalue weighted by atomic mass is 35.5. The number of nitrogens with one attached hydrogen (secondary N) is 2.